The van der Waals surface area contributed by atoms with Gasteiger partial charge in [0.2, 0.25) is 0 Å². The molecule has 0 spiro atoms. The van der Waals surface area contributed by atoms with Gasteiger partial charge in [0.05, 0.1) is 26.2 Å². The lowest BCUT2D eigenvalue weighted by atomic mass is 9.88. The molecular formula is C25H32O4. The molecule has 4 nitrogen and oxygen atoms in total. The lowest BCUT2D eigenvalue weighted by molar-refractivity contribution is -0.145. The minimum absolute atomic E-state index is 0.159. The van der Waals surface area contributed by atoms with Gasteiger partial charge in [-0.1, -0.05) is 32.0 Å². The third kappa shape index (κ3) is 5.75. The zero-order valence-electron chi connectivity index (χ0n) is 17.9. The molecule has 0 radical (unpaired) electrons. The van der Waals surface area contributed by atoms with Crippen LogP contribution in [0.25, 0.3) is 11.1 Å². The molecule has 0 bridgehead atoms. The molecule has 2 aromatic rings. The lowest BCUT2D eigenvalue weighted by Gasteiger charge is -2.20. The maximum atomic E-state index is 12.6. The molecule has 156 valence electrons. The molecule has 29 heavy (non-hydrogen) atoms. The highest BCUT2D eigenvalue weighted by Crippen LogP contribution is 2.37. The Morgan fingerprint density at radius 3 is 2.41 bits per heavy atom. The maximum absolute atomic E-state index is 12.6. The van der Waals surface area contributed by atoms with E-state index >= 15 is 0 Å². The standard InChI is InChI=1S/C25H32O4/c1-5-28-25(26)23(14-17(2)3)20-10-13-24(29-16-18-6-7-18)22(15-20)19-8-11-21(27-4)12-9-19/h8-13,15,17-18,23H,5-7,14,16H2,1-4H3. The number of carbonyl (C=O) groups is 1. The summed E-state index contributed by atoms with van der Waals surface area (Å²) in [7, 11) is 1.66. The summed E-state index contributed by atoms with van der Waals surface area (Å²) in [4.78, 5) is 12.6. The minimum atomic E-state index is -0.274. The van der Waals surface area contributed by atoms with E-state index in [9.17, 15) is 4.79 Å². The third-order valence-corrected chi connectivity index (χ3v) is 5.26. The fraction of sp³-hybridized carbons (Fsp3) is 0.480. The van der Waals surface area contributed by atoms with Gasteiger partial charge in [0, 0.05) is 5.56 Å². The van der Waals surface area contributed by atoms with E-state index in [0.717, 1.165) is 41.2 Å². The summed E-state index contributed by atoms with van der Waals surface area (Å²) >= 11 is 0. The van der Waals surface area contributed by atoms with Crippen molar-refractivity contribution in [3.05, 3.63) is 48.0 Å². The van der Waals surface area contributed by atoms with Crippen molar-refractivity contribution in [2.45, 2.75) is 46.0 Å². The first-order valence-electron chi connectivity index (χ1n) is 10.6. The van der Waals surface area contributed by atoms with Gasteiger partial charge in [0.1, 0.15) is 11.5 Å². The van der Waals surface area contributed by atoms with E-state index < -0.39 is 0 Å². The second-order valence-electron chi connectivity index (χ2n) is 8.17. The molecule has 0 aromatic heterocycles. The van der Waals surface area contributed by atoms with Crippen molar-refractivity contribution in [3.63, 3.8) is 0 Å². The van der Waals surface area contributed by atoms with Crippen LogP contribution in [-0.2, 0) is 9.53 Å². The number of carbonyl (C=O) groups excluding carboxylic acids is 1. The van der Waals surface area contributed by atoms with Crippen molar-refractivity contribution in [2.24, 2.45) is 11.8 Å². The highest BCUT2D eigenvalue weighted by Gasteiger charge is 2.26. The summed E-state index contributed by atoms with van der Waals surface area (Å²) in [6.07, 6.45) is 3.24. The Balaban J connectivity index is 1.97. The average molecular weight is 397 g/mol. The normalized spacial score (nSPS) is 14.5. The van der Waals surface area contributed by atoms with Crippen LogP contribution in [0, 0.1) is 11.8 Å². The van der Waals surface area contributed by atoms with Crippen molar-refractivity contribution in [2.75, 3.05) is 20.3 Å². The van der Waals surface area contributed by atoms with Gasteiger partial charge < -0.3 is 14.2 Å². The summed E-state index contributed by atoms with van der Waals surface area (Å²) in [6.45, 7) is 7.24. The molecule has 4 heteroatoms. The van der Waals surface area contributed by atoms with E-state index in [1.54, 1.807) is 7.11 Å². The van der Waals surface area contributed by atoms with Gasteiger partial charge >= 0.3 is 5.97 Å². The quantitative estimate of drug-likeness (QED) is 0.473. The van der Waals surface area contributed by atoms with Crippen molar-refractivity contribution >= 4 is 5.97 Å². The van der Waals surface area contributed by atoms with E-state index in [1.807, 2.05) is 43.3 Å². The van der Waals surface area contributed by atoms with Gasteiger partial charge in [-0.2, -0.15) is 0 Å². The number of hydrogen-bond acceptors (Lipinski definition) is 4. The topological polar surface area (TPSA) is 44.8 Å². The van der Waals surface area contributed by atoms with E-state index in [0.29, 0.717) is 18.4 Å². The van der Waals surface area contributed by atoms with Gasteiger partial charge in [-0.3, -0.25) is 4.79 Å². The van der Waals surface area contributed by atoms with Crippen LogP contribution in [0.3, 0.4) is 0 Å². The first kappa shape index (κ1) is 21.2. The summed E-state index contributed by atoms with van der Waals surface area (Å²) in [5.74, 6) is 2.30. The van der Waals surface area contributed by atoms with Gasteiger partial charge in [-0.25, -0.2) is 0 Å². The predicted octanol–water partition coefficient (Wildman–Crippen LogP) is 5.84. The van der Waals surface area contributed by atoms with Crippen LogP contribution in [0.5, 0.6) is 11.5 Å². The first-order valence-corrected chi connectivity index (χ1v) is 10.6. The van der Waals surface area contributed by atoms with Gasteiger partial charge in [0.25, 0.3) is 0 Å². The van der Waals surface area contributed by atoms with E-state index in [2.05, 4.69) is 19.9 Å². The first-order chi connectivity index (χ1) is 14.0. The smallest absolute Gasteiger partial charge is 0.313 e. The zero-order chi connectivity index (χ0) is 20.8. The Morgan fingerprint density at radius 1 is 1.10 bits per heavy atom. The third-order valence-electron chi connectivity index (χ3n) is 5.26. The second kappa shape index (κ2) is 9.82. The molecule has 0 N–H and O–H groups in total. The van der Waals surface area contributed by atoms with Crippen LogP contribution < -0.4 is 9.47 Å². The predicted molar refractivity (Wildman–Crippen MR) is 115 cm³/mol. The number of ether oxygens (including phenoxy) is 3. The van der Waals surface area contributed by atoms with Gasteiger partial charge in [0.15, 0.2) is 0 Å². The number of methoxy groups -OCH3 is 1. The summed E-state index contributed by atoms with van der Waals surface area (Å²) in [5.41, 5.74) is 3.02. The lowest BCUT2D eigenvalue weighted by Crippen LogP contribution is -2.18. The zero-order valence-corrected chi connectivity index (χ0v) is 17.9. The number of benzene rings is 2. The van der Waals surface area contributed by atoms with E-state index in [1.165, 1.54) is 12.8 Å². The second-order valence-corrected chi connectivity index (χ2v) is 8.17. The van der Waals surface area contributed by atoms with Crippen molar-refractivity contribution in [1.29, 1.82) is 0 Å². The van der Waals surface area contributed by atoms with Crippen molar-refractivity contribution in [3.8, 4) is 22.6 Å². The average Bonchev–Trinajstić information content (AvgIpc) is 3.55. The Labute approximate surface area is 174 Å². The number of esters is 1. The summed E-state index contributed by atoms with van der Waals surface area (Å²) in [6, 6.07) is 14.1. The van der Waals surface area contributed by atoms with E-state index in [-0.39, 0.29) is 11.9 Å². The van der Waals surface area contributed by atoms with Gasteiger partial charge in [-0.15, -0.1) is 0 Å². The fourth-order valence-electron chi connectivity index (χ4n) is 3.46. The molecule has 1 aliphatic carbocycles. The molecular weight excluding hydrogens is 364 g/mol. The monoisotopic (exact) mass is 396 g/mol. The molecule has 1 saturated carbocycles. The van der Waals surface area contributed by atoms with Gasteiger partial charge in [-0.05, 0) is 73.4 Å². The van der Waals surface area contributed by atoms with Crippen LogP contribution >= 0.6 is 0 Å². The summed E-state index contributed by atoms with van der Waals surface area (Å²) < 4.78 is 16.8. The molecule has 0 amide bonds. The molecule has 1 fully saturated rings. The van der Waals surface area contributed by atoms with E-state index in [4.69, 9.17) is 14.2 Å². The van der Waals surface area contributed by atoms with Crippen LogP contribution in [-0.4, -0.2) is 26.3 Å². The summed E-state index contributed by atoms with van der Waals surface area (Å²) in [5, 5.41) is 0. The van der Waals surface area contributed by atoms with Crippen LogP contribution in [0.15, 0.2) is 42.5 Å². The largest absolute Gasteiger partial charge is 0.497 e. The number of hydrogen-bond donors (Lipinski definition) is 0. The highest BCUT2D eigenvalue weighted by molar-refractivity contribution is 5.80. The SMILES string of the molecule is CCOC(=O)C(CC(C)C)c1ccc(OCC2CC2)c(-c2ccc(OC)cc2)c1. The molecule has 1 atom stereocenters. The fourth-order valence-corrected chi connectivity index (χ4v) is 3.46. The van der Waals surface area contributed by atoms with Crippen LogP contribution in [0.2, 0.25) is 0 Å². The molecule has 3 rings (SSSR count). The minimum Gasteiger partial charge on any atom is -0.497 e. The molecule has 0 aliphatic heterocycles. The van der Waals surface area contributed by atoms with Crippen LogP contribution in [0.1, 0.15) is 51.5 Å². The molecule has 0 saturated heterocycles. The molecule has 1 unspecified atom stereocenters. The Bertz CT molecular complexity index is 806. The Morgan fingerprint density at radius 2 is 1.83 bits per heavy atom. The van der Waals surface area contributed by atoms with Crippen LogP contribution in [0.4, 0.5) is 0 Å². The Hall–Kier alpha value is -2.49. The van der Waals surface area contributed by atoms with Crippen molar-refractivity contribution in [1.82, 2.24) is 0 Å². The Kier molecular flexibility index (Phi) is 7.18. The molecule has 0 heterocycles. The highest BCUT2D eigenvalue weighted by atomic mass is 16.5. The number of rotatable bonds is 10. The van der Waals surface area contributed by atoms with Crippen molar-refractivity contribution < 1.29 is 19.0 Å². The molecule has 2 aromatic carbocycles. The maximum Gasteiger partial charge on any atom is 0.313 e. The molecule has 1 aliphatic rings.